The molecule has 1 amide bonds. The highest BCUT2D eigenvalue weighted by molar-refractivity contribution is 7.99. The molecular formula is C21H23N3O2S. The van der Waals surface area contributed by atoms with Gasteiger partial charge in [-0.25, -0.2) is 0 Å². The second-order valence-corrected chi connectivity index (χ2v) is 7.40. The number of aryl methyl sites for hydroxylation is 2. The monoisotopic (exact) mass is 381 g/mol. The first-order chi connectivity index (χ1) is 13.0. The van der Waals surface area contributed by atoms with E-state index in [0.29, 0.717) is 11.1 Å². The topological polar surface area (TPSA) is 68.0 Å². The second-order valence-electron chi connectivity index (χ2n) is 6.47. The van der Waals surface area contributed by atoms with Crippen LogP contribution in [-0.4, -0.2) is 21.9 Å². The van der Waals surface area contributed by atoms with Crippen LogP contribution in [0.2, 0.25) is 0 Å². The van der Waals surface area contributed by atoms with Gasteiger partial charge in [0.15, 0.2) is 0 Å². The Labute approximate surface area is 163 Å². The van der Waals surface area contributed by atoms with Crippen molar-refractivity contribution in [3.8, 4) is 11.5 Å². The van der Waals surface area contributed by atoms with Crippen molar-refractivity contribution in [2.45, 2.75) is 38.5 Å². The molecule has 0 aliphatic heterocycles. The molecule has 140 valence electrons. The molecule has 0 aliphatic rings. The van der Waals surface area contributed by atoms with Gasteiger partial charge in [-0.3, -0.25) is 4.79 Å². The highest BCUT2D eigenvalue weighted by atomic mass is 32.2. The number of hydrogen-bond donors (Lipinski definition) is 1. The van der Waals surface area contributed by atoms with Crippen LogP contribution < -0.4 is 5.32 Å². The number of benzene rings is 2. The van der Waals surface area contributed by atoms with Gasteiger partial charge in [-0.1, -0.05) is 66.2 Å². The van der Waals surface area contributed by atoms with Gasteiger partial charge in [0.1, 0.15) is 0 Å². The molecule has 3 rings (SSSR count). The van der Waals surface area contributed by atoms with Gasteiger partial charge in [0.05, 0.1) is 11.8 Å². The van der Waals surface area contributed by atoms with E-state index in [9.17, 15) is 4.79 Å². The van der Waals surface area contributed by atoms with Crippen LogP contribution in [0, 0.1) is 13.8 Å². The lowest BCUT2D eigenvalue weighted by Crippen LogP contribution is -2.29. The molecule has 0 radical (unpaired) electrons. The lowest BCUT2D eigenvalue weighted by molar-refractivity contribution is -0.119. The van der Waals surface area contributed by atoms with E-state index in [1.165, 1.54) is 17.3 Å². The van der Waals surface area contributed by atoms with Crippen molar-refractivity contribution in [2.24, 2.45) is 0 Å². The molecule has 0 fully saturated rings. The molecule has 1 heterocycles. The fourth-order valence-electron chi connectivity index (χ4n) is 2.75. The third-order valence-electron chi connectivity index (χ3n) is 4.22. The van der Waals surface area contributed by atoms with Crippen molar-refractivity contribution < 1.29 is 9.21 Å². The Morgan fingerprint density at radius 1 is 1.11 bits per heavy atom. The standard InChI is InChI=1S/C21H23N3O2S/c1-4-18(16-10-8-14(2)9-11-16)22-19(25)13-27-21-24-23-20(26-21)17-7-5-6-15(3)12-17/h5-12,18H,4,13H2,1-3H3,(H,22,25)/t18-/m1/s1. The first-order valence-corrected chi connectivity index (χ1v) is 9.93. The third kappa shape index (κ3) is 5.20. The smallest absolute Gasteiger partial charge is 0.277 e. The molecule has 5 nitrogen and oxygen atoms in total. The van der Waals surface area contributed by atoms with Crippen molar-refractivity contribution in [3.63, 3.8) is 0 Å². The van der Waals surface area contributed by atoms with E-state index < -0.39 is 0 Å². The van der Waals surface area contributed by atoms with Gasteiger partial charge in [-0.15, -0.1) is 10.2 Å². The second kappa shape index (κ2) is 8.86. The molecule has 2 aromatic carbocycles. The Bertz CT molecular complexity index is 906. The molecule has 6 heteroatoms. The lowest BCUT2D eigenvalue weighted by atomic mass is 10.0. The van der Waals surface area contributed by atoms with Crippen molar-refractivity contribution >= 4 is 17.7 Å². The Hall–Kier alpha value is -2.60. The van der Waals surface area contributed by atoms with E-state index in [2.05, 4.69) is 53.6 Å². The maximum absolute atomic E-state index is 12.3. The Balaban J connectivity index is 1.56. The highest BCUT2D eigenvalue weighted by Crippen LogP contribution is 2.24. The van der Waals surface area contributed by atoms with Gasteiger partial charge in [0.2, 0.25) is 11.8 Å². The summed E-state index contributed by atoms with van der Waals surface area (Å²) in [7, 11) is 0. The molecule has 0 aliphatic carbocycles. The zero-order valence-corrected chi connectivity index (χ0v) is 16.5. The molecular weight excluding hydrogens is 358 g/mol. The van der Waals surface area contributed by atoms with Crippen LogP contribution in [0.3, 0.4) is 0 Å². The molecule has 1 N–H and O–H groups in total. The minimum atomic E-state index is -0.0530. The van der Waals surface area contributed by atoms with Gasteiger partial charge in [-0.2, -0.15) is 0 Å². The number of hydrogen-bond acceptors (Lipinski definition) is 5. The van der Waals surface area contributed by atoms with Crippen LogP contribution in [-0.2, 0) is 4.79 Å². The van der Waals surface area contributed by atoms with Crippen LogP contribution in [0.5, 0.6) is 0 Å². The maximum atomic E-state index is 12.3. The summed E-state index contributed by atoms with van der Waals surface area (Å²) in [6, 6.07) is 16.1. The Kier molecular flexibility index (Phi) is 6.29. The summed E-state index contributed by atoms with van der Waals surface area (Å²) in [5.41, 5.74) is 4.32. The number of carbonyl (C=O) groups excluding carboxylic acids is 1. The van der Waals surface area contributed by atoms with Crippen LogP contribution in [0.15, 0.2) is 58.2 Å². The van der Waals surface area contributed by atoms with Crippen molar-refractivity contribution in [1.29, 1.82) is 0 Å². The van der Waals surface area contributed by atoms with Crippen molar-refractivity contribution in [1.82, 2.24) is 15.5 Å². The normalized spacial score (nSPS) is 12.0. The largest absolute Gasteiger partial charge is 0.411 e. The van der Waals surface area contributed by atoms with Crippen LogP contribution >= 0.6 is 11.8 Å². The number of thioether (sulfide) groups is 1. The minimum Gasteiger partial charge on any atom is -0.411 e. The average molecular weight is 382 g/mol. The van der Waals surface area contributed by atoms with E-state index in [-0.39, 0.29) is 17.7 Å². The molecule has 0 unspecified atom stereocenters. The Morgan fingerprint density at radius 3 is 2.59 bits per heavy atom. The molecule has 0 saturated heterocycles. The first kappa shape index (κ1) is 19.2. The summed E-state index contributed by atoms with van der Waals surface area (Å²) in [5, 5.41) is 11.6. The maximum Gasteiger partial charge on any atom is 0.277 e. The van der Waals surface area contributed by atoms with E-state index >= 15 is 0 Å². The first-order valence-electron chi connectivity index (χ1n) is 8.94. The van der Waals surface area contributed by atoms with Gasteiger partial charge in [-0.05, 0) is 38.0 Å². The predicted molar refractivity (Wildman–Crippen MR) is 108 cm³/mol. The fourth-order valence-corrected chi connectivity index (χ4v) is 3.32. The summed E-state index contributed by atoms with van der Waals surface area (Å²) in [6.07, 6.45) is 0.831. The van der Waals surface area contributed by atoms with Gasteiger partial charge >= 0.3 is 0 Å². The highest BCUT2D eigenvalue weighted by Gasteiger charge is 2.15. The number of aromatic nitrogens is 2. The van der Waals surface area contributed by atoms with E-state index in [0.717, 1.165) is 23.1 Å². The Morgan fingerprint density at radius 2 is 1.89 bits per heavy atom. The third-order valence-corrected chi connectivity index (χ3v) is 5.04. The number of carbonyl (C=O) groups is 1. The van der Waals surface area contributed by atoms with Gasteiger partial charge in [0, 0.05) is 5.56 Å². The van der Waals surface area contributed by atoms with Gasteiger partial charge in [0.25, 0.3) is 5.22 Å². The number of amides is 1. The lowest BCUT2D eigenvalue weighted by Gasteiger charge is -2.17. The predicted octanol–water partition coefficient (Wildman–Crippen LogP) is 4.71. The fraction of sp³-hybridized carbons (Fsp3) is 0.286. The average Bonchev–Trinajstić information content (AvgIpc) is 3.14. The van der Waals surface area contributed by atoms with Crippen LogP contribution in [0.25, 0.3) is 11.5 Å². The molecule has 0 bridgehead atoms. The quantitative estimate of drug-likeness (QED) is 0.600. The molecule has 27 heavy (non-hydrogen) atoms. The van der Waals surface area contributed by atoms with E-state index in [1.54, 1.807) is 0 Å². The number of rotatable bonds is 7. The summed E-state index contributed by atoms with van der Waals surface area (Å²) in [4.78, 5) is 12.3. The molecule has 3 aromatic rings. The molecule has 0 saturated carbocycles. The minimum absolute atomic E-state index is 0.00393. The molecule has 1 atom stereocenters. The van der Waals surface area contributed by atoms with Crippen LogP contribution in [0.4, 0.5) is 0 Å². The van der Waals surface area contributed by atoms with Crippen molar-refractivity contribution in [3.05, 3.63) is 65.2 Å². The summed E-state index contributed by atoms with van der Waals surface area (Å²) < 4.78 is 5.66. The number of nitrogens with one attached hydrogen (secondary N) is 1. The zero-order valence-electron chi connectivity index (χ0n) is 15.7. The van der Waals surface area contributed by atoms with E-state index in [4.69, 9.17) is 4.42 Å². The number of nitrogens with zero attached hydrogens (tertiary/aromatic N) is 2. The molecule has 0 spiro atoms. The summed E-state index contributed by atoms with van der Waals surface area (Å²) in [5.74, 6) is 0.646. The zero-order chi connectivity index (χ0) is 19.2. The van der Waals surface area contributed by atoms with Crippen molar-refractivity contribution in [2.75, 3.05) is 5.75 Å². The van der Waals surface area contributed by atoms with E-state index in [1.807, 2.05) is 31.2 Å². The summed E-state index contributed by atoms with van der Waals surface area (Å²) in [6.45, 7) is 6.12. The summed E-state index contributed by atoms with van der Waals surface area (Å²) >= 11 is 1.25. The van der Waals surface area contributed by atoms with Crippen LogP contribution in [0.1, 0.15) is 36.1 Å². The SMILES string of the molecule is CC[C@@H](NC(=O)CSc1nnc(-c2cccc(C)c2)o1)c1ccc(C)cc1. The molecule has 1 aromatic heterocycles. The van der Waals surface area contributed by atoms with Gasteiger partial charge < -0.3 is 9.73 Å².